The molecule has 0 radical (unpaired) electrons. The van der Waals surface area contributed by atoms with Gasteiger partial charge in [-0.05, 0) is 13.0 Å². The van der Waals surface area contributed by atoms with Gasteiger partial charge in [-0.3, -0.25) is 0 Å². The molecule has 2 rings (SSSR count). The van der Waals surface area contributed by atoms with Crippen LogP contribution < -0.4 is 4.74 Å². The molecule has 0 amide bonds. The molecule has 1 atom stereocenters. The van der Waals surface area contributed by atoms with Crippen molar-refractivity contribution in [3.8, 4) is 11.9 Å². The van der Waals surface area contributed by atoms with Crippen LogP contribution in [-0.2, 0) is 4.74 Å². The monoisotopic (exact) mass is 242 g/mol. The summed E-state index contributed by atoms with van der Waals surface area (Å²) in [5, 5.41) is 9.98. The maximum absolute atomic E-state index is 9.14. The van der Waals surface area contributed by atoms with Crippen LogP contribution in [0.1, 0.15) is 12.5 Å². The Bertz CT molecular complexity index is 590. The number of hydrogen-bond acceptors (Lipinski definition) is 4. The molecule has 0 aliphatic heterocycles. The van der Waals surface area contributed by atoms with Gasteiger partial charge in [0, 0.05) is 18.6 Å². The summed E-state index contributed by atoms with van der Waals surface area (Å²) in [6, 6.07) is 11.3. The second kappa shape index (κ2) is 5.48. The molecular weight excluding hydrogens is 228 g/mol. The van der Waals surface area contributed by atoms with Crippen LogP contribution in [0.25, 0.3) is 10.9 Å². The first-order chi connectivity index (χ1) is 8.74. The zero-order valence-electron chi connectivity index (χ0n) is 10.4. The maximum atomic E-state index is 9.14. The van der Waals surface area contributed by atoms with Crippen LogP contribution in [0.15, 0.2) is 30.3 Å². The van der Waals surface area contributed by atoms with Gasteiger partial charge in [0.25, 0.3) is 0 Å². The van der Waals surface area contributed by atoms with Gasteiger partial charge in [0.2, 0.25) is 5.88 Å². The summed E-state index contributed by atoms with van der Waals surface area (Å²) in [6.45, 7) is 2.38. The molecule has 18 heavy (non-hydrogen) atoms. The third kappa shape index (κ3) is 2.58. The van der Waals surface area contributed by atoms with E-state index in [2.05, 4.69) is 11.1 Å². The predicted octanol–water partition coefficient (Wildman–Crippen LogP) is 2.52. The predicted molar refractivity (Wildman–Crippen MR) is 68.4 cm³/mol. The number of hydrogen-bond donors (Lipinski definition) is 0. The quantitative estimate of drug-likeness (QED) is 0.826. The topological polar surface area (TPSA) is 55.1 Å². The van der Waals surface area contributed by atoms with E-state index in [0.717, 1.165) is 10.9 Å². The van der Waals surface area contributed by atoms with E-state index in [0.29, 0.717) is 18.1 Å². The van der Waals surface area contributed by atoms with Crippen LogP contribution in [-0.4, -0.2) is 24.8 Å². The SMILES string of the molecule is COCC(C)Oc1cc(C#N)c2ccccc2n1. The molecule has 1 heterocycles. The Labute approximate surface area is 106 Å². The standard InChI is InChI=1S/C14H14N2O2/c1-10(9-17-2)18-14-7-11(8-15)12-5-3-4-6-13(12)16-14/h3-7,10H,9H2,1-2H3. The van der Waals surface area contributed by atoms with Gasteiger partial charge in [0.15, 0.2) is 0 Å². The molecule has 0 bridgehead atoms. The highest BCUT2D eigenvalue weighted by atomic mass is 16.5. The Balaban J connectivity index is 2.38. The molecule has 0 aliphatic carbocycles. The summed E-state index contributed by atoms with van der Waals surface area (Å²) >= 11 is 0. The van der Waals surface area contributed by atoms with E-state index >= 15 is 0 Å². The Hall–Kier alpha value is -2.12. The highest BCUT2D eigenvalue weighted by molar-refractivity contribution is 5.85. The lowest BCUT2D eigenvalue weighted by molar-refractivity contribution is 0.0892. The van der Waals surface area contributed by atoms with Gasteiger partial charge in [-0.25, -0.2) is 4.98 Å². The van der Waals surface area contributed by atoms with E-state index in [1.54, 1.807) is 13.2 Å². The van der Waals surface area contributed by atoms with E-state index in [1.165, 1.54) is 0 Å². The van der Waals surface area contributed by atoms with Crippen LogP contribution in [0.2, 0.25) is 0 Å². The Kier molecular flexibility index (Phi) is 3.75. The molecule has 0 N–H and O–H groups in total. The smallest absolute Gasteiger partial charge is 0.215 e. The van der Waals surface area contributed by atoms with Crippen molar-refractivity contribution in [2.24, 2.45) is 0 Å². The summed E-state index contributed by atoms with van der Waals surface area (Å²) in [7, 11) is 1.62. The highest BCUT2D eigenvalue weighted by Gasteiger charge is 2.09. The first kappa shape index (κ1) is 12.3. The summed E-state index contributed by atoms with van der Waals surface area (Å²) < 4.78 is 10.6. The number of fused-ring (bicyclic) bond motifs is 1. The number of para-hydroxylation sites is 1. The Morgan fingerprint density at radius 2 is 2.17 bits per heavy atom. The highest BCUT2D eigenvalue weighted by Crippen LogP contribution is 2.21. The third-order valence-corrected chi connectivity index (χ3v) is 2.54. The largest absolute Gasteiger partial charge is 0.472 e. The number of aromatic nitrogens is 1. The number of nitrogens with zero attached hydrogens (tertiary/aromatic N) is 2. The maximum Gasteiger partial charge on any atom is 0.215 e. The molecule has 0 aliphatic rings. The van der Waals surface area contributed by atoms with Crippen molar-refractivity contribution < 1.29 is 9.47 Å². The lowest BCUT2D eigenvalue weighted by Crippen LogP contribution is -2.18. The zero-order chi connectivity index (χ0) is 13.0. The first-order valence-electron chi connectivity index (χ1n) is 5.70. The number of methoxy groups -OCH3 is 1. The minimum atomic E-state index is -0.102. The van der Waals surface area contributed by atoms with Crippen LogP contribution >= 0.6 is 0 Å². The van der Waals surface area contributed by atoms with E-state index in [9.17, 15) is 0 Å². The van der Waals surface area contributed by atoms with Gasteiger partial charge in [-0.2, -0.15) is 5.26 Å². The lowest BCUT2D eigenvalue weighted by Gasteiger charge is -2.13. The average Bonchev–Trinajstić information content (AvgIpc) is 2.38. The summed E-state index contributed by atoms with van der Waals surface area (Å²) in [5.41, 5.74) is 1.33. The Morgan fingerprint density at radius 1 is 1.39 bits per heavy atom. The van der Waals surface area contributed by atoms with Crippen molar-refractivity contribution >= 4 is 10.9 Å². The minimum absolute atomic E-state index is 0.102. The lowest BCUT2D eigenvalue weighted by atomic mass is 10.1. The van der Waals surface area contributed by atoms with Crippen molar-refractivity contribution in [3.63, 3.8) is 0 Å². The van der Waals surface area contributed by atoms with Gasteiger partial charge >= 0.3 is 0 Å². The van der Waals surface area contributed by atoms with E-state index in [-0.39, 0.29) is 6.10 Å². The molecule has 0 saturated carbocycles. The second-order valence-electron chi connectivity index (χ2n) is 4.02. The summed E-state index contributed by atoms with van der Waals surface area (Å²) in [4.78, 5) is 4.38. The first-order valence-corrected chi connectivity index (χ1v) is 5.70. The molecule has 0 spiro atoms. The third-order valence-electron chi connectivity index (χ3n) is 2.54. The minimum Gasteiger partial charge on any atom is -0.472 e. The van der Waals surface area contributed by atoms with Crippen molar-refractivity contribution in [2.75, 3.05) is 13.7 Å². The number of pyridine rings is 1. The van der Waals surface area contributed by atoms with Crippen molar-refractivity contribution in [3.05, 3.63) is 35.9 Å². The normalized spacial score (nSPS) is 12.1. The second-order valence-corrected chi connectivity index (χ2v) is 4.02. The molecule has 1 aromatic heterocycles. The fourth-order valence-corrected chi connectivity index (χ4v) is 1.78. The number of ether oxygens (including phenoxy) is 2. The van der Waals surface area contributed by atoms with Crippen molar-refractivity contribution in [2.45, 2.75) is 13.0 Å². The Morgan fingerprint density at radius 3 is 2.89 bits per heavy atom. The van der Waals surface area contributed by atoms with Gasteiger partial charge in [-0.15, -0.1) is 0 Å². The van der Waals surface area contributed by atoms with Crippen LogP contribution in [0.4, 0.5) is 0 Å². The summed E-state index contributed by atoms with van der Waals surface area (Å²) in [6.07, 6.45) is -0.102. The molecule has 0 saturated heterocycles. The van der Waals surface area contributed by atoms with Crippen molar-refractivity contribution in [1.82, 2.24) is 4.98 Å². The molecular formula is C14H14N2O2. The zero-order valence-corrected chi connectivity index (χ0v) is 10.4. The van der Waals surface area contributed by atoms with E-state index < -0.39 is 0 Å². The molecule has 1 aromatic carbocycles. The van der Waals surface area contributed by atoms with Gasteiger partial charge < -0.3 is 9.47 Å². The number of nitriles is 1. The molecule has 1 unspecified atom stereocenters. The molecule has 4 heteroatoms. The van der Waals surface area contributed by atoms with E-state index in [1.807, 2.05) is 31.2 Å². The van der Waals surface area contributed by atoms with Crippen LogP contribution in [0, 0.1) is 11.3 Å². The average molecular weight is 242 g/mol. The van der Waals surface area contributed by atoms with Crippen LogP contribution in [0.5, 0.6) is 5.88 Å². The summed E-state index contributed by atoms with van der Waals surface area (Å²) in [5.74, 6) is 0.454. The molecule has 0 fully saturated rings. The fourth-order valence-electron chi connectivity index (χ4n) is 1.78. The van der Waals surface area contributed by atoms with Gasteiger partial charge in [-0.1, -0.05) is 18.2 Å². The van der Waals surface area contributed by atoms with Gasteiger partial charge in [0.05, 0.1) is 17.7 Å². The molecule has 4 nitrogen and oxygen atoms in total. The van der Waals surface area contributed by atoms with Crippen molar-refractivity contribution in [1.29, 1.82) is 5.26 Å². The van der Waals surface area contributed by atoms with Crippen LogP contribution in [0.3, 0.4) is 0 Å². The number of benzene rings is 1. The molecule has 92 valence electrons. The van der Waals surface area contributed by atoms with Gasteiger partial charge in [0.1, 0.15) is 12.2 Å². The number of rotatable bonds is 4. The van der Waals surface area contributed by atoms with E-state index in [4.69, 9.17) is 14.7 Å². The fraction of sp³-hybridized carbons (Fsp3) is 0.286. The molecule has 2 aromatic rings.